The third-order valence-electron chi connectivity index (χ3n) is 4.76. The summed E-state index contributed by atoms with van der Waals surface area (Å²) < 4.78 is 43.2. The van der Waals surface area contributed by atoms with E-state index in [0.29, 0.717) is 11.5 Å². The van der Waals surface area contributed by atoms with Crippen molar-refractivity contribution >= 4 is 38.9 Å². The molecule has 2 heterocycles. The molecule has 0 aliphatic carbocycles. The molecule has 1 unspecified atom stereocenters. The lowest BCUT2D eigenvalue weighted by Gasteiger charge is -2.15. The third kappa shape index (κ3) is 5.26. The van der Waals surface area contributed by atoms with Gasteiger partial charge in [0.1, 0.15) is 4.21 Å². The molecule has 33 heavy (non-hydrogen) atoms. The van der Waals surface area contributed by atoms with E-state index in [1.807, 2.05) is 0 Å². The fraction of sp³-hybridized carbons (Fsp3) is 0.182. The minimum absolute atomic E-state index is 0.00532. The number of rotatable bonds is 8. The van der Waals surface area contributed by atoms with Gasteiger partial charge in [0.25, 0.3) is 15.9 Å². The van der Waals surface area contributed by atoms with E-state index >= 15 is 0 Å². The van der Waals surface area contributed by atoms with Gasteiger partial charge in [-0.15, -0.1) is 11.3 Å². The Balaban J connectivity index is 1.36. The smallest absolute Gasteiger partial charge is 0.340 e. The Hall–Kier alpha value is -3.57. The predicted molar refractivity (Wildman–Crippen MR) is 121 cm³/mol. The van der Waals surface area contributed by atoms with Crippen molar-refractivity contribution in [2.24, 2.45) is 0 Å². The Kier molecular flexibility index (Phi) is 6.52. The van der Waals surface area contributed by atoms with E-state index in [-0.39, 0.29) is 28.3 Å². The fourth-order valence-corrected chi connectivity index (χ4v) is 5.19. The molecule has 11 heteroatoms. The second kappa shape index (κ2) is 9.51. The van der Waals surface area contributed by atoms with E-state index in [2.05, 4.69) is 10.0 Å². The van der Waals surface area contributed by atoms with Crippen LogP contribution in [-0.2, 0) is 19.6 Å². The van der Waals surface area contributed by atoms with E-state index in [1.165, 1.54) is 18.2 Å². The molecule has 9 nitrogen and oxygen atoms in total. The molecule has 3 aromatic rings. The number of carbonyl (C=O) groups is 2. The Morgan fingerprint density at radius 2 is 1.88 bits per heavy atom. The normalized spacial score (nSPS) is 13.2. The molecule has 1 aliphatic heterocycles. The summed E-state index contributed by atoms with van der Waals surface area (Å²) >= 11 is 1.05. The highest BCUT2D eigenvalue weighted by Gasteiger charge is 2.21. The predicted octanol–water partition coefficient (Wildman–Crippen LogP) is 3.31. The maximum Gasteiger partial charge on any atom is 0.340 e. The van der Waals surface area contributed by atoms with Crippen molar-refractivity contribution in [3.05, 3.63) is 71.1 Å². The number of sulfonamides is 1. The van der Waals surface area contributed by atoms with Gasteiger partial charge in [0.2, 0.25) is 6.79 Å². The molecule has 172 valence electrons. The van der Waals surface area contributed by atoms with E-state index in [4.69, 9.17) is 14.2 Å². The molecule has 0 bridgehead atoms. The highest BCUT2D eigenvalue weighted by atomic mass is 32.2. The number of amides is 1. The Morgan fingerprint density at radius 1 is 1.09 bits per heavy atom. The van der Waals surface area contributed by atoms with Crippen LogP contribution in [0.5, 0.6) is 11.5 Å². The average molecular weight is 489 g/mol. The van der Waals surface area contributed by atoms with Gasteiger partial charge in [0, 0.05) is 0 Å². The number of benzene rings is 2. The van der Waals surface area contributed by atoms with Crippen LogP contribution in [0.15, 0.2) is 64.2 Å². The number of ether oxygens (including phenoxy) is 3. The topological polar surface area (TPSA) is 120 Å². The zero-order chi connectivity index (χ0) is 23.4. The fourth-order valence-electron chi connectivity index (χ4n) is 3.12. The summed E-state index contributed by atoms with van der Waals surface area (Å²) in [5, 5.41) is 4.38. The zero-order valence-corrected chi connectivity index (χ0v) is 19.1. The molecule has 0 saturated carbocycles. The number of anilines is 1. The first-order chi connectivity index (χ1) is 15.8. The second-order valence-corrected chi connectivity index (χ2v) is 9.92. The standard InChI is InChI=1S/C22H20N2O7S2/c1-14(15-8-9-18-19(11-15)31-13-30-18)23-20(25)12-29-22(26)16-5-2-3-6-17(16)24-33(27,28)21-7-4-10-32-21/h2-11,14,24H,12-13H2,1H3,(H,23,25). The molecule has 0 fully saturated rings. The maximum absolute atomic E-state index is 12.6. The van der Waals surface area contributed by atoms with Crippen LogP contribution in [0.4, 0.5) is 5.69 Å². The molecule has 2 aromatic carbocycles. The number of carbonyl (C=O) groups excluding carboxylic acids is 2. The van der Waals surface area contributed by atoms with Gasteiger partial charge < -0.3 is 19.5 Å². The van der Waals surface area contributed by atoms with Crippen LogP contribution in [0.25, 0.3) is 0 Å². The summed E-state index contributed by atoms with van der Waals surface area (Å²) in [6.45, 7) is 1.41. The van der Waals surface area contributed by atoms with Gasteiger partial charge in [-0.05, 0) is 48.2 Å². The van der Waals surface area contributed by atoms with Crippen LogP contribution < -0.4 is 19.5 Å². The molecule has 1 aromatic heterocycles. The Labute approximate surface area is 194 Å². The van der Waals surface area contributed by atoms with Crippen LogP contribution in [0, 0.1) is 0 Å². The lowest BCUT2D eigenvalue weighted by molar-refractivity contribution is -0.124. The quantitative estimate of drug-likeness (QED) is 0.467. The number of para-hydroxylation sites is 1. The lowest BCUT2D eigenvalue weighted by atomic mass is 10.1. The van der Waals surface area contributed by atoms with Crippen LogP contribution in [0.2, 0.25) is 0 Å². The van der Waals surface area contributed by atoms with E-state index in [9.17, 15) is 18.0 Å². The minimum Gasteiger partial charge on any atom is -0.454 e. The van der Waals surface area contributed by atoms with Crippen molar-refractivity contribution in [3.8, 4) is 11.5 Å². The molecule has 0 spiro atoms. The highest BCUT2D eigenvalue weighted by molar-refractivity contribution is 7.94. The molecule has 0 radical (unpaired) electrons. The van der Waals surface area contributed by atoms with E-state index in [0.717, 1.165) is 16.9 Å². The first-order valence-electron chi connectivity index (χ1n) is 9.85. The van der Waals surface area contributed by atoms with Gasteiger partial charge in [-0.2, -0.15) is 0 Å². The summed E-state index contributed by atoms with van der Waals surface area (Å²) in [5.74, 6) is -0.100. The summed E-state index contributed by atoms with van der Waals surface area (Å²) in [5.41, 5.74) is 0.853. The second-order valence-electron chi connectivity index (χ2n) is 7.06. The largest absolute Gasteiger partial charge is 0.454 e. The average Bonchev–Trinajstić information content (AvgIpc) is 3.49. The van der Waals surface area contributed by atoms with Crippen molar-refractivity contribution in [2.75, 3.05) is 18.1 Å². The monoisotopic (exact) mass is 488 g/mol. The van der Waals surface area contributed by atoms with Crippen molar-refractivity contribution in [3.63, 3.8) is 0 Å². The number of thiophene rings is 1. The van der Waals surface area contributed by atoms with E-state index in [1.54, 1.807) is 48.7 Å². The molecular formula is C22H20N2O7S2. The molecule has 1 aliphatic rings. The van der Waals surface area contributed by atoms with Gasteiger partial charge in [-0.3, -0.25) is 9.52 Å². The first kappa shape index (κ1) is 22.6. The van der Waals surface area contributed by atoms with E-state index < -0.39 is 28.5 Å². The molecular weight excluding hydrogens is 468 g/mol. The molecule has 1 atom stereocenters. The maximum atomic E-state index is 12.6. The first-order valence-corrected chi connectivity index (χ1v) is 12.2. The van der Waals surface area contributed by atoms with Crippen molar-refractivity contribution in [1.29, 1.82) is 0 Å². The minimum atomic E-state index is -3.85. The number of hydrogen-bond donors (Lipinski definition) is 2. The SMILES string of the molecule is CC(NC(=O)COC(=O)c1ccccc1NS(=O)(=O)c1cccs1)c1ccc2c(c1)OCO2. The third-order valence-corrected chi connectivity index (χ3v) is 7.52. The molecule has 0 saturated heterocycles. The summed E-state index contributed by atoms with van der Waals surface area (Å²) in [6, 6.07) is 14.1. The van der Waals surface area contributed by atoms with Crippen LogP contribution >= 0.6 is 11.3 Å². The summed E-state index contributed by atoms with van der Waals surface area (Å²) in [4.78, 5) is 24.9. The zero-order valence-electron chi connectivity index (χ0n) is 17.4. The summed E-state index contributed by atoms with van der Waals surface area (Å²) in [6.07, 6.45) is 0. The number of hydrogen-bond acceptors (Lipinski definition) is 8. The van der Waals surface area contributed by atoms with Gasteiger partial charge in [-0.25, -0.2) is 13.2 Å². The van der Waals surface area contributed by atoms with Crippen LogP contribution in [0.1, 0.15) is 28.9 Å². The molecule has 4 rings (SSSR count). The number of nitrogens with one attached hydrogen (secondary N) is 2. The van der Waals surface area contributed by atoms with Gasteiger partial charge in [0.05, 0.1) is 17.3 Å². The lowest BCUT2D eigenvalue weighted by Crippen LogP contribution is -2.31. The highest BCUT2D eigenvalue weighted by Crippen LogP contribution is 2.34. The Bertz CT molecular complexity index is 1270. The molecule has 1 amide bonds. The van der Waals surface area contributed by atoms with Crippen molar-refractivity contribution in [1.82, 2.24) is 5.32 Å². The molecule has 2 N–H and O–H groups in total. The van der Waals surface area contributed by atoms with Gasteiger partial charge in [0.15, 0.2) is 18.1 Å². The van der Waals surface area contributed by atoms with Gasteiger partial charge in [-0.1, -0.05) is 24.3 Å². The number of fused-ring (bicyclic) bond motifs is 1. The summed E-state index contributed by atoms with van der Waals surface area (Å²) in [7, 11) is -3.85. The number of esters is 1. The van der Waals surface area contributed by atoms with Gasteiger partial charge >= 0.3 is 5.97 Å². The van der Waals surface area contributed by atoms with Crippen LogP contribution in [0.3, 0.4) is 0 Å². The van der Waals surface area contributed by atoms with Crippen molar-refractivity contribution < 1.29 is 32.2 Å². The van der Waals surface area contributed by atoms with Crippen LogP contribution in [-0.4, -0.2) is 33.7 Å². The Morgan fingerprint density at radius 3 is 2.67 bits per heavy atom. The van der Waals surface area contributed by atoms with Crippen molar-refractivity contribution in [2.45, 2.75) is 17.2 Å².